The van der Waals surface area contributed by atoms with Gasteiger partial charge in [0.2, 0.25) is 5.95 Å². The van der Waals surface area contributed by atoms with Crippen LogP contribution >= 0.6 is 11.6 Å². The Morgan fingerprint density at radius 2 is 1.73 bits per heavy atom. The number of hydrogen-bond acceptors (Lipinski definition) is 4. The van der Waals surface area contributed by atoms with E-state index in [1.807, 2.05) is 12.1 Å². The zero-order valence-electron chi connectivity index (χ0n) is 13.3. The van der Waals surface area contributed by atoms with Crippen LogP contribution in [0, 0.1) is 11.6 Å². The lowest BCUT2D eigenvalue weighted by Gasteiger charge is -2.07. The van der Waals surface area contributed by atoms with Crippen molar-refractivity contribution in [2.75, 3.05) is 5.32 Å². The molecule has 0 bridgehead atoms. The van der Waals surface area contributed by atoms with Crippen LogP contribution in [0.4, 0.5) is 20.4 Å². The maximum absolute atomic E-state index is 13.6. The van der Waals surface area contributed by atoms with Crippen LogP contribution in [0.2, 0.25) is 5.02 Å². The molecule has 0 aliphatic rings. The maximum Gasteiger partial charge on any atom is 0.254 e. The Kier molecular flexibility index (Phi) is 5.38. The van der Waals surface area contributed by atoms with Gasteiger partial charge in [-0.3, -0.25) is 4.79 Å². The second kappa shape index (κ2) is 7.88. The molecule has 8 heteroatoms. The summed E-state index contributed by atoms with van der Waals surface area (Å²) < 4.78 is 26.5. The highest BCUT2D eigenvalue weighted by atomic mass is 35.5. The number of rotatable bonds is 5. The lowest BCUT2D eigenvalue weighted by molar-refractivity contribution is 0.0950. The Morgan fingerprint density at radius 3 is 2.38 bits per heavy atom. The predicted octanol–water partition coefficient (Wildman–Crippen LogP) is 4.08. The van der Waals surface area contributed by atoms with Gasteiger partial charge in [0.1, 0.15) is 11.6 Å². The molecular formula is C18H13ClF2N4O. The van der Waals surface area contributed by atoms with Crippen LogP contribution in [-0.2, 0) is 6.54 Å². The summed E-state index contributed by atoms with van der Waals surface area (Å²) >= 11 is 5.81. The molecule has 0 saturated carbocycles. The predicted molar refractivity (Wildman–Crippen MR) is 94.3 cm³/mol. The van der Waals surface area contributed by atoms with Crippen LogP contribution in [0.15, 0.2) is 54.9 Å². The van der Waals surface area contributed by atoms with Gasteiger partial charge in [0.15, 0.2) is 0 Å². The molecule has 0 unspecified atom stereocenters. The van der Waals surface area contributed by atoms with Gasteiger partial charge in [-0.25, -0.2) is 18.7 Å². The Labute approximate surface area is 153 Å². The molecule has 1 heterocycles. The van der Waals surface area contributed by atoms with Crippen LogP contribution in [-0.4, -0.2) is 15.9 Å². The maximum atomic E-state index is 13.6. The van der Waals surface area contributed by atoms with Gasteiger partial charge >= 0.3 is 0 Å². The van der Waals surface area contributed by atoms with Crippen molar-refractivity contribution in [1.82, 2.24) is 15.3 Å². The SMILES string of the molecule is O=C(NCc1ccc(Cl)cc1)c1cnc(Nc2ccc(F)cc2F)nc1. The van der Waals surface area contributed by atoms with Crippen molar-refractivity contribution in [3.8, 4) is 0 Å². The lowest BCUT2D eigenvalue weighted by atomic mass is 10.2. The quantitative estimate of drug-likeness (QED) is 0.706. The largest absolute Gasteiger partial charge is 0.348 e. The van der Waals surface area contributed by atoms with E-state index in [0.29, 0.717) is 11.6 Å². The molecule has 3 rings (SSSR count). The molecule has 3 aromatic rings. The number of nitrogens with zero attached hydrogens (tertiary/aromatic N) is 2. The third-order valence-electron chi connectivity index (χ3n) is 3.46. The fourth-order valence-corrected chi connectivity index (χ4v) is 2.23. The van der Waals surface area contributed by atoms with Crippen molar-refractivity contribution in [2.45, 2.75) is 6.54 Å². The minimum Gasteiger partial charge on any atom is -0.348 e. The van der Waals surface area contributed by atoms with E-state index in [9.17, 15) is 13.6 Å². The molecule has 0 fully saturated rings. The van der Waals surface area contributed by atoms with E-state index in [4.69, 9.17) is 11.6 Å². The summed E-state index contributed by atoms with van der Waals surface area (Å²) in [5, 5.41) is 5.98. The number of halogens is 3. The van der Waals surface area contributed by atoms with Gasteiger partial charge in [0.05, 0.1) is 11.3 Å². The topological polar surface area (TPSA) is 66.9 Å². The molecule has 2 aromatic carbocycles. The number of hydrogen-bond donors (Lipinski definition) is 2. The van der Waals surface area contributed by atoms with Gasteiger partial charge < -0.3 is 10.6 Å². The van der Waals surface area contributed by atoms with Gasteiger partial charge in [-0.05, 0) is 29.8 Å². The Hall–Kier alpha value is -3.06. The second-order valence-corrected chi connectivity index (χ2v) is 5.79. The third-order valence-corrected chi connectivity index (χ3v) is 3.71. The number of aromatic nitrogens is 2. The lowest BCUT2D eigenvalue weighted by Crippen LogP contribution is -2.23. The fraction of sp³-hybridized carbons (Fsp3) is 0.0556. The minimum absolute atomic E-state index is 0.0336. The van der Waals surface area contributed by atoms with E-state index in [2.05, 4.69) is 20.6 Å². The average Bonchev–Trinajstić information content (AvgIpc) is 2.64. The highest BCUT2D eigenvalue weighted by molar-refractivity contribution is 6.30. The summed E-state index contributed by atoms with van der Waals surface area (Å²) in [7, 11) is 0. The van der Waals surface area contributed by atoms with Crippen molar-refractivity contribution in [3.63, 3.8) is 0 Å². The molecule has 132 valence electrons. The third kappa shape index (κ3) is 4.52. The van der Waals surface area contributed by atoms with Crippen molar-refractivity contribution in [3.05, 3.63) is 82.6 Å². The normalized spacial score (nSPS) is 10.4. The minimum atomic E-state index is -0.765. The van der Waals surface area contributed by atoms with Crippen molar-refractivity contribution < 1.29 is 13.6 Å². The number of benzene rings is 2. The van der Waals surface area contributed by atoms with E-state index in [-0.39, 0.29) is 23.1 Å². The zero-order chi connectivity index (χ0) is 18.5. The molecule has 0 saturated heterocycles. The first kappa shape index (κ1) is 17.8. The standard InChI is InChI=1S/C18H13ClF2N4O/c19-13-3-1-11(2-4-13)8-22-17(26)12-9-23-18(24-10-12)25-16-6-5-14(20)7-15(16)21/h1-7,9-10H,8H2,(H,22,26)(H,23,24,25). The first-order chi connectivity index (χ1) is 12.5. The summed E-state index contributed by atoms with van der Waals surface area (Å²) in [6.45, 7) is 0.330. The molecular weight excluding hydrogens is 362 g/mol. The number of amides is 1. The Morgan fingerprint density at radius 1 is 1.04 bits per heavy atom. The monoisotopic (exact) mass is 374 g/mol. The molecule has 0 aliphatic carbocycles. The number of nitrogens with one attached hydrogen (secondary N) is 2. The molecule has 1 aromatic heterocycles. The molecule has 0 atom stereocenters. The molecule has 2 N–H and O–H groups in total. The van der Waals surface area contributed by atoms with Gasteiger partial charge in [-0.1, -0.05) is 23.7 Å². The van der Waals surface area contributed by atoms with Crippen molar-refractivity contribution >= 4 is 29.1 Å². The van der Waals surface area contributed by atoms with Crippen molar-refractivity contribution in [2.24, 2.45) is 0 Å². The van der Waals surface area contributed by atoms with Crippen LogP contribution in [0.3, 0.4) is 0 Å². The van der Waals surface area contributed by atoms with Crippen LogP contribution < -0.4 is 10.6 Å². The smallest absolute Gasteiger partial charge is 0.254 e. The molecule has 0 aliphatic heterocycles. The molecule has 26 heavy (non-hydrogen) atoms. The van der Waals surface area contributed by atoms with Gasteiger partial charge in [0, 0.05) is 30.0 Å². The van der Waals surface area contributed by atoms with Crippen LogP contribution in [0.1, 0.15) is 15.9 Å². The van der Waals surface area contributed by atoms with E-state index < -0.39 is 11.6 Å². The summed E-state index contributed by atoms with van der Waals surface area (Å²) in [5.74, 6) is -1.70. The highest BCUT2D eigenvalue weighted by Gasteiger charge is 2.09. The number of carbonyl (C=O) groups excluding carboxylic acids is 1. The van der Waals surface area contributed by atoms with E-state index in [1.165, 1.54) is 18.5 Å². The zero-order valence-corrected chi connectivity index (χ0v) is 14.1. The summed E-state index contributed by atoms with van der Waals surface area (Å²) in [4.78, 5) is 20.0. The molecule has 0 spiro atoms. The first-order valence-corrected chi connectivity index (χ1v) is 7.96. The molecule has 5 nitrogen and oxygen atoms in total. The van der Waals surface area contributed by atoms with E-state index in [0.717, 1.165) is 17.7 Å². The van der Waals surface area contributed by atoms with Gasteiger partial charge in [-0.15, -0.1) is 0 Å². The van der Waals surface area contributed by atoms with E-state index >= 15 is 0 Å². The fourth-order valence-electron chi connectivity index (χ4n) is 2.11. The Balaban J connectivity index is 1.61. The van der Waals surface area contributed by atoms with Crippen LogP contribution in [0.25, 0.3) is 0 Å². The van der Waals surface area contributed by atoms with Crippen LogP contribution in [0.5, 0.6) is 0 Å². The average molecular weight is 375 g/mol. The van der Waals surface area contributed by atoms with E-state index in [1.54, 1.807) is 12.1 Å². The summed E-state index contributed by atoms with van der Waals surface area (Å²) in [6, 6.07) is 10.2. The summed E-state index contributed by atoms with van der Waals surface area (Å²) in [6.07, 6.45) is 2.63. The first-order valence-electron chi connectivity index (χ1n) is 7.58. The van der Waals surface area contributed by atoms with Gasteiger partial charge in [-0.2, -0.15) is 0 Å². The summed E-state index contributed by atoms with van der Waals surface area (Å²) in [5.41, 5.74) is 1.18. The molecule has 1 amide bonds. The van der Waals surface area contributed by atoms with Crippen molar-refractivity contribution in [1.29, 1.82) is 0 Å². The second-order valence-electron chi connectivity index (χ2n) is 5.35. The number of carbonyl (C=O) groups is 1. The Bertz CT molecular complexity index is 917. The molecule has 0 radical (unpaired) electrons. The number of anilines is 2. The van der Waals surface area contributed by atoms with Gasteiger partial charge in [0.25, 0.3) is 5.91 Å². The highest BCUT2D eigenvalue weighted by Crippen LogP contribution is 2.18.